The molecule has 0 saturated carbocycles. The van der Waals surface area contributed by atoms with E-state index in [2.05, 4.69) is 4.72 Å². The fourth-order valence-corrected chi connectivity index (χ4v) is 6.02. The second kappa shape index (κ2) is 5.23. The van der Waals surface area contributed by atoms with Gasteiger partial charge >= 0.3 is 0 Å². The molecule has 2 aliphatic rings. The number of sulfone groups is 1. The van der Waals surface area contributed by atoms with Gasteiger partial charge in [0, 0.05) is 6.04 Å². The van der Waals surface area contributed by atoms with E-state index in [9.17, 15) is 16.8 Å². The number of benzene rings is 1. The van der Waals surface area contributed by atoms with Crippen LogP contribution in [0.3, 0.4) is 0 Å². The molecule has 3 rings (SSSR count). The van der Waals surface area contributed by atoms with E-state index in [1.54, 1.807) is 6.08 Å². The number of sulfonamides is 1. The highest BCUT2D eigenvalue weighted by Gasteiger charge is 2.32. The largest absolute Gasteiger partial charge is 0.237 e. The fourth-order valence-electron chi connectivity index (χ4n) is 2.80. The predicted molar refractivity (Wildman–Crippen MR) is 81.9 cm³/mol. The molecule has 1 N–H and O–H groups in total. The molecule has 0 bridgehead atoms. The van der Waals surface area contributed by atoms with Crippen LogP contribution >= 0.6 is 0 Å². The van der Waals surface area contributed by atoms with Gasteiger partial charge in [-0.25, -0.2) is 21.6 Å². The van der Waals surface area contributed by atoms with Crippen molar-refractivity contribution in [1.82, 2.24) is 4.72 Å². The van der Waals surface area contributed by atoms with Crippen LogP contribution < -0.4 is 4.72 Å². The lowest BCUT2D eigenvalue weighted by Gasteiger charge is -2.18. The number of nitrogens with one attached hydrogen (secondary N) is 1. The molecule has 5 nitrogen and oxygen atoms in total. The summed E-state index contributed by atoms with van der Waals surface area (Å²) >= 11 is 0. The smallest absolute Gasteiger partial charge is 0.229 e. The quantitative estimate of drug-likeness (QED) is 0.901. The average Bonchev–Trinajstić information content (AvgIpc) is 2.76. The van der Waals surface area contributed by atoms with Crippen LogP contribution in [0.1, 0.15) is 24.0 Å². The molecule has 1 fully saturated rings. The Balaban J connectivity index is 1.82. The molecule has 0 radical (unpaired) electrons. The summed E-state index contributed by atoms with van der Waals surface area (Å²) in [7, 11) is -6.71. The van der Waals surface area contributed by atoms with Crippen LogP contribution in [0.5, 0.6) is 0 Å². The van der Waals surface area contributed by atoms with Gasteiger partial charge < -0.3 is 0 Å². The van der Waals surface area contributed by atoms with E-state index in [-0.39, 0.29) is 11.5 Å². The van der Waals surface area contributed by atoms with E-state index in [1.807, 2.05) is 24.3 Å². The average molecular weight is 327 g/mol. The van der Waals surface area contributed by atoms with Crippen molar-refractivity contribution in [2.75, 3.05) is 11.5 Å². The Morgan fingerprint density at radius 1 is 1.14 bits per heavy atom. The third kappa shape index (κ3) is 3.20. The summed E-state index contributed by atoms with van der Waals surface area (Å²) in [6.07, 6.45) is 3.17. The number of hydrogen-bond donors (Lipinski definition) is 1. The van der Waals surface area contributed by atoms with Gasteiger partial charge in [-0.15, -0.1) is 0 Å². The minimum Gasteiger partial charge on any atom is -0.229 e. The van der Waals surface area contributed by atoms with Crippen molar-refractivity contribution in [3.05, 3.63) is 40.3 Å². The van der Waals surface area contributed by atoms with Gasteiger partial charge in [-0.2, -0.15) is 0 Å². The van der Waals surface area contributed by atoms with Crippen LogP contribution in [0, 0.1) is 0 Å². The lowest BCUT2D eigenvalue weighted by Crippen LogP contribution is -2.36. The molecular weight excluding hydrogens is 310 g/mol. The molecule has 0 unspecified atom stereocenters. The highest BCUT2D eigenvalue weighted by molar-refractivity contribution is 7.94. The molecule has 1 aromatic rings. The Morgan fingerprint density at radius 2 is 1.90 bits per heavy atom. The monoisotopic (exact) mass is 327 g/mol. The van der Waals surface area contributed by atoms with Crippen molar-refractivity contribution in [2.24, 2.45) is 0 Å². The van der Waals surface area contributed by atoms with E-state index in [4.69, 9.17) is 0 Å². The first-order valence-electron chi connectivity index (χ1n) is 6.87. The Bertz CT molecular complexity index is 794. The third-order valence-corrected chi connectivity index (χ3v) is 7.34. The summed E-state index contributed by atoms with van der Waals surface area (Å²) in [5.41, 5.74) is 2.06. The van der Waals surface area contributed by atoms with Gasteiger partial charge in [0.25, 0.3) is 0 Å². The van der Waals surface area contributed by atoms with Crippen molar-refractivity contribution in [2.45, 2.75) is 25.3 Å². The summed E-state index contributed by atoms with van der Waals surface area (Å²) in [6, 6.07) is 7.20. The maximum Gasteiger partial charge on any atom is 0.237 e. The molecule has 114 valence electrons. The number of hydrogen-bond acceptors (Lipinski definition) is 4. The predicted octanol–water partition coefficient (Wildman–Crippen LogP) is 1.08. The molecule has 0 spiro atoms. The SMILES string of the molecule is O=S1(=O)CC[C@H](NS(=O)(=O)C2=Cc3ccccc3CC2)C1. The second-order valence-electron chi connectivity index (χ2n) is 5.53. The van der Waals surface area contributed by atoms with Crippen molar-refractivity contribution in [1.29, 1.82) is 0 Å². The molecule has 7 heteroatoms. The van der Waals surface area contributed by atoms with Gasteiger partial charge in [0.2, 0.25) is 10.0 Å². The molecule has 1 aliphatic heterocycles. The van der Waals surface area contributed by atoms with Gasteiger partial charge in [0.15, 0.2) is 9.84 Å². The second-order valence-corrected chi connectivity index (χ2v) is 9.53. The van der Waals surface area contributed by atoms with E-state index < -0.39 is 25.9 Å². The van der Waals surface area contributed by atoms with Crippen molar-refractivity contribution >= 4 is 25.9 Å². The van der Waals surface area contributed by atoms with E-state index in [0.29, 0.717) is 24.2 Å². The highest BCUT2D eigenvalue weighted by atomic mass is 32.2. The topological polar surface area (TPSA) is 80.3 Å². The molecule has 1 saturated heterocycles. The summed E-state index contributed by atoms with van der Waals surface area (Å²) in [5.74, 6) is -0.0435. The molecule has 1 atom stereocenters. The van der Waals surface area contributed by atoms with Crippen LogP contribution in [0.2, 0.25) is 0 Å². The Kier molecular flexibility index (Phi) is 3.67. The van der Waals surface area contributed by atoms with Crippen LogP contribution in [0.4, 0.5) is 0 Å². The molecular formula is C14H17NO4S2. The van der Waals surface area contributed by atoms with Crippen LogP contribution in [0.25, 0.3) is 6.08 Å². The third-order valence-electron chi connectivity index (χ3n) is 3.91. The summed E-state index contributed by atoms with van der Waals surface area (Å²) < 4.78 is 50.1. The van der Waals surface area contributed by atoms with E-state index in [0.717, 1.165) is 11.1 Å². The fraction of sp³-hybridized carbons (Fsp3) is 0.429. The first-order valence-corrected chi connectivity index (χ1v) is 10.2. The lowest BCUT2D eigenvalue weighted by atomic mass is 9.98. The minimum atomic E-state index is -3.61. The number of fused-ring (bicyclic) bond motifs is 1. The molecule has 1 heterocycles. The number of aryl methyl sites for hydroxylation is 1. The standard InChI is InChI=1S/C14H17NO4S2/c16-20(17)8-7-13(10-20)15-21(18,19)14-6-5-11-3-1-2-4-12(11)9-14/h1-4,9,13,15H,5-8,10H2/t13-/m0/s1. The van der Waals surface area contributed by atoms with Gasteiger partial charge in [-0.1, -0.05) is 24.3 Å². The number of allylic oxidation sites excluding steroid dienone is 1. The van der Waals surface area contributed by atoms with Gasteiger partial charge in [0.1, 0.15) is 0 Å². The summed E-state index contributed by atoms with van der Waals surface area (Å²) in [5, 5.41) is 0. The molecule has 0 aromatic heterocycles. The van der Waals surface area contributed by atoms with Gasteiger partial charge in [-0.05, 0) is 36.5 Å². The zero-order valence-corrected chi connectivity index (χ0v) is 13.1. The Labute approximate surface area is 125 Å². The maximum atomic E-state index is 12.4. The van der Waals surface area contributed by atoms with E-state index >= 15 is 0 Å². The first kappa shape index (κ1) is 14.7. The van der Waals surface area contributed by atoms with Gasteiger partial charge in [-0.3, -0.25) is 0 Å². The van der Waals surface area contributed by atoms with E-state index in [1.165, 1.54) is 0 Å². The Hall–Kier alpha value is -1.18. The molecule has 0 amide bonds. The van der Waals surface area contributed by atoms with Crippen LogP contribution in [0.15, 0.2) is 29.2 Å². The van der Waals surface area contributed by atoms with Crippen molar-refractivity contribution in [3.63, 3.8) is 0 Å². The minimum absolute atomic E-state index is 0.0576. The highest BCUT2D eigenvalue weighted by Crippen LogP contribution is 2.27. The first-order chi connectivity index (χ1) is 9.86. The maximum absolute atomic E-state index is 12.4. The lowest BCUT2D eigenvalue weighted by molar-refractivity contribution is 0.566. The summed E-state index contributed by atoms with van der Waals surface area (Å²) in [4.78, 5) is 0.338. The zero-order chi connectivity index (χ0) is 15.1. The molecule has 21 heavy (non-hydrogen) atoms. The van der Waals surface area contributed by atoms with Gasteiger partial charge in [0.05, 0.1) is 16.4 Å². The number of rotatable bonds is 3. The van der Waals surface area contributed by atoms with Crippen molar-refractivity contribution < 1.29 is 16.8 Å². The Morgan fingerprint density at radius 3 is 2.62 bits per heavy atom. The van der Waals surface area contributed by atoms with Crippen LogP contribution in [-0.2, 0) is 26.3 Å². The summed E-state index contributed by atoms with van der Waals surface area (Å²) in [6.45, 7) is 0. The molecule has 1 aromatic carbocycles. The van der Waals surface area contributed by atoms with Crippen molar-refractivity contribution in [3.8, 4) is 0 Å². The molecule has 1 aliphatic carbocycles. The van der Waals surface area contributed by atoms with Crippen LogP contribution in [-0.4, -0.2) is 34.4 Å². The zero-order valence-electron chi connectivity index (χ0n) is 11.4. The normalized spacial score (nSPS) is 24.4.